The Hall–Kier alpha value is -2.54. The van der Waals surface area contributed by atoms with Crippen LogP contribution < -0.4 is 5.32 Å². The van der Waals surface area contributed by atoms with Crippen LogP contribution in [0.25, 0.3) is 11.5 Å². The number of carbonyl (C=O) groups is 1. The van der Waals surface area contributed by atoms with Crippen molar-refractivity contribution >= 4 is 17.7 Å². The standard InChI is InChI=1S/C16H15N3O3S/c1-11-13(7-8-21-11)15-18-19-16(22-15)23-10-14(20)17-9-12-5-3-2-4-6-12/h2-8H,9-10H2,1H3,(H,17,20). The molecule has 1 amide bonds. The highest BCUT2D eigenvalue weighted by molar-refractivity contribution is 7.99. The van der Waals surface area contributed by atoms with Crippen LogP contribution in [0.5, 0.6) is 0 Å². The number of hydrogen-bond donors (Lipinski definition) is 1. The summed E-state index contributed by atoms with van der Waals surface area (Å²) in [6, 6.07) is 11.5. The number of aryl methyl sites for hydroxylation is 1. The van der Waals surface area contributed by atoms with Crippen molar-refractivity contribution in [2.75, 3.05) is 5.75 Å². The van der Waals surface area contributed by atoms with Crippen molar-refractivity contribution in [1.82, 2.24) is 15.5 Å². The molecule has 0 saturated heterocycles. The van der Waals surface area contributed by atoms with Crippen LogP contribution in [0, 0.1) is 6.92 Å². The van der Waals surface area contributed by atoms with Gasteiger partial charge in [-0.1, -0.05) is 42.1 Å². The van der Waals surface area contributed by atoms with Gasteiger partial charge in [-0.05, 0) is 18.6 Å². The Morgan fingerprint density at radius 3 is 2.78 bits per heavy atom. The Morgan fingerprint density at radius 2 is 2.04 bits per heavy atom. The molecular formula is C16H15N3O3S. The van der Waals surface area contributed by atoms with Crippen LogP contribution in [0.15, 0.2) is 56.7 Å². The summed E-state index contributed by atoms with van der Waals surface area (Å²) >= 11 is 1.20. The second-order valence-corrected chi connectivity index (χ2v) is 5.74. The Morgan fingerprint density at radius 1 is 1.22 bits per heavy atom. The second kappa shape index (κ2) is 7.15. The van der Waals surface area contributed by atoms with Gasteiger partial charge in [0.2, 0.25) is 5.91 Å². The summed E-state index contributed by atoms with van der Waals surface area (Å²) in [6.07, 6.45) is 1.57. The van der Waals surface area contributed by atoms with E-state index >= 15 is 0 Å². The van der Waals surface area contributed by atoms with Gasteiger partial charge in [0.15, 0.2) is 0 Å². The fourth-order valence-electron chi connectivity index (χ4n) is 1.96. The second-order valence-electron chi connectivity index (χ2n) is 4.81. The van der Waals surface area contributed by atoms with E-state index in [-0.39, 0.29) is 11.7 Å². The Balaban J connectivity index is 1.50. The molecule has 0 saturated carbocycles. The van der Waals surface area contributed by atoms with Crippen LogP contribution in [0.1, 0.15) is 11.3 Å². The van der Waals surface area contributed by atoms with Crippen LogP contribution >= 0.6 is 11.8 Å². The maximum atomic E-state index is 11.8. The number of hydrogen-bond acceptors (Lipinski definition) is 6. The molecule has 6 nitrogen and oxygen atoms in total. The van der Waals surface area contributed by atoms with Gasteiger partial charge in [0.25, 0.3) is 11.1 Å². The van der Waals surface area contributed by atoms with E-state index in [1.165, 1.54) is 11.8 Å². The molecule has 0 bridgehead atoms. The summed E-state index contributed by atoms with van der Waals surface area (Å²) in [5.74, 6) is 1.24. The first kappa shape index (κ1) is 15.4. The molecular weight excluding hydrogens is 314 g/mol. The highest BCUT2D eigenvalue weighted by Gasteiger charge is 2.14. The van der Waals surface area contributed by atoms with Gasteiger partial charge >= 0.3 is 0 Å². The van der Waals surface area contributed by atoms with E-state index in [0.717, 1.165) is 11.1 Å². The van der Waals surface area contributed by atoms with Gasteiger partial charge in [-0.3, -0.25) is 4.79 Å². The minimum Gasteiger partial charge on any atom is -0.469 e. The number of nitrogens with zero attached hydrogens (tertiary/aromatic N) is 2. The van der Waals surface area contributed by atoms with Crippen LogP contribution in [0.4, 0.5) is 0 Å². The summed E-state index contributed by atoms with van der Waals surface area (Å²) in [6.45, 7) is 2.33. The van der Waals surface area contributed by atoms with E-state index in [1.807, 2.05) is 37.3 Å². The lowest BCUT2D eigenvalue weighted by Crippen LogP contribution is -2.24. The third-order valence-corrected chi connectivity index (χ3v) is 3.97. The smallest absolute Gasteiger partial charge is 0.277 e. The maximum Gasteiger partial charge on any atom is 0.277 e. The fourth-order valence-corrected chi connectivity index (χ4v) is 2.55. The zero-order chi connectivity index (χ0) is 16.1. The lowest BCUT2D eigenvalue weighted by Gasteiger charge is -2.03. The summed E-state index contributed by atoms with van der Waals surface area (Å²) in [5, 5.41) is 11.1. The number of nitrogens with one attached hydrogen (secondary N) is 1. The van der Waals surface area contributed by atoms with E-state index in [4.69, 9.17) is 8.83 Å². The molecule has 118 valence electrons. The molecule has 0 spiro atoms. The molecule has 1 N–H and O–H groups in total. The van der Waals surface area contributed by atoms with Crippen LogP contribution in [-0.4, -0.2) is 21.9 Å². The van der Waals surface area contributed by atoms with Gasteiger partial charge in [-0.25, -0.2) is 0 Å². The lowest BCUT2D eigenvalue weighted by molar-refractivity contribution is -0.118. The number of aromatic nitrogens is 2. The average Bonchev–Trinajstić information content (AvgIpc) is 3.20. The molecule has 3 aromatic rings. The summed E-state index contributed by atoms with van der Waals surface area (Å²) in [4.78, 5) is 11.8. The van der Waals surface area contributed by atoms with E-state index in [0.29, 0.717) is 23.4 Å². The summed E-state index contributed by atoms with van der Waals surface area (Å²) in [5.41, 5.74) is 1.82. The van der Waals surface area contributed by atoms with Gasteiger partial charge < -0.3 is 14.2 Å². The molecule has 23 heavy (non-hydrogen) atoms. The Labute approximate surface area is 137 Å². The predicted molar refractivity (Wildman–Crippen MR) is 85.7 cm³/mol. The van der Waals surface area contributed by atoms with E-state index in [2.05, 4.69) is 15.5 Å². The van der Waals surface area contributed by atoms with Crippen LogP contribution in [0.3, 0.4) is 0 Å². The summed E-state index contributed by atoms with van der Waals surface area (Å²) < 4.78 is 10.7. The zero-order valence-electron chi connectivity index (χ0n) is 12.5. The number of carbonyl (C=O) groups excluding carboxylic acids is 1. The highest BCUT2D eigenvalue weighted by Crippen LogP contribution is 2.26. The first-order valence-corrected chi connectivity index (χ1v) is 8.02. The van der Waals surface area contributed by atoms with E-state index in [9.17, 15) is 4.79 Å². The normalized spacial score (nSPS) is 10.7. The van der Waals surface area contributed by atoms with Crippen molar-refractivity contribution in [2.24, 2.45) is 0 Å². The van der Waals surface area contributed by atoms with Crippen molar-refractivity contribution in [2.45, 2.75) is 18.7 Å². The molecule has 2 heterocycles. The molecule has 0 aliphatic carbocycles. The van der Waals surface area contributed by atoms with Gasteiger partial charge in [-0.2, -0.15) is 0 Å². The Kier molecular flexibility index (Phi) is 4.77. The zero-order valence-corrected chi connectivity index (χ0v) is 13.3. The third-order valence-electron chi connectivity index (χ3n) is 3.15. The first-order valence-electron chi connectivity index (χ1n) is 7.04. The molecule has 0 aliphatic heterocycles. The van der Waals surface area contributed by atoms with Crippen LogP contribution in [-0.2, 0) is 11.3 Å². The number of thioether (sulfide) groups is 1. The van der Waals surface area contributed by atoms with Gasteiger partial charge in [-0.15, -0.1) is 10.2 Å². The van der Waals surface area contributed by atoms with E-state index in [1.54, 1.807) is 12.3 Å². The molecule has 0 aliphatic rings. The quantitative estimate of drug-likeness (QED) is 0.700. The monoisotopic (exact) mass is 329 g/mol. The molecule has 0 atom stereocenters. The number of amides is 1. The van der Waals surface area contributed by atoms with Crippen molar-refractivity contribution in [1.29, 1.82) is 0 Å². The predicted octanol–water partition coefficient (Wildman–Crippen LogP) is 3.05. The van der Waals surface area contributed by atoms with Crippen molar-refractivity contribution in [3.63, 3.8) is 0 Å². The van der Waals surface area contributed by atoms with Crippen molar-refractivity contribution in [3.05, 3.63) is 54.0 Å². The third kappa shape index (κ3) is 4.01. The molecule has 0 unspecified atom stereocenters. The molecule has 3 rings (SSSR count). The van der Waals surface area contributed by atoms with Crippen molar-refractivity contribution in [3.8, 4) is 11.5 Å². The average molecular weight is 329 g/mol. The van der Waals surface area contributed by atoms with E-state index < -0.39 is 0 Å². The van der Waals surface area contributed by atoms with Crippen molar-refractivity contribution < 1.29 is 13.6 Å². The fraction of sp³-hybridized carbons (Fsp3) is 0.188. The maximum absolute atomic E-state index is 11.8. The minimum atomic E-state index is -0.0851. The lowest BCUT2D eigenvalue weighted by atomic mass is 10.2. The SMILES string of the molecule is Cc1occc1-c1nnc(SCC(=O)NCc2ccccc2)o1. The van der Waals surface area contributed by atoms with Gasteiger partial charge in [0, 0.05) is 6.54 Å². The number of furan rings is 1. The Bertz CT molecular complexity index is 783. The molecule has 0 fully saturated rings. The molecule has 0 radical (unpaired) electrons. The highest BCUT2D eigenvalue weighted by atomic mass is 32.2. The molecule has 1 aromatic carbocycles. The largest absolute Gasteiger partial charge is 0.469 e. The van der Waals surface area contributed by atoms with Gasteiger partial charge in [0.05, 0.1) is 17.6 Å². The summed E-state index contributed by atoms with van der Waals surface area (Å²) in [7, 11) is 0. The molecule has 7 heteroatoms. The van der Waals surface area contributed by atoms with Crippen LogP contribution in [0.2, 0.25) is 0 Å². The number of rotatable bonds is 6. The minimum absolute atomic E-state index is 0.0851. The topological polar surface area (TPSA) is 81.2 Å². The molecule has 2 aromatic heterocycles. The number of benzene rings is 1. The van der Waals surface area contributed by atoms with Gasteiger partial charge in [0.1, 0.15) is 5.76 Å². The first-order chi connectivity index (χ1) is 11.2.